The van der Waals surface area contributed by atoms with Crippen LogP contribution in [-0.4, -0.2) is 25.4 Å². The lowest BCUT2D eigenvalue weighted by molar-refractivity contribution is -0.0558. The highest BCUT2D eigenvalue weighted by atomic mass is 35.5. The summed E-state index contributed by atoms with van der Waals surface area (Å²) in [5.41, 5.74) is 1.05. The molecule has 0 N–H and O–H groups in total. The average Bonchev–Trinajstić information content (AvgIpc) is 2.17. The molecule has 1 rings (SSSR count). The zero-order valence-electron chi connectivity index (χ0n) is 8.72. The summed E-state index contributed by atoms with van der Waals surface area (Å²) in [6.45, 7) is 0. The smallest absolute Gasteiger partial charge is 0.378 e. The fraction of sp³-hybridized carbons (Fsp3) is 0.300. The summed E-state index contributed by atoms with van der Waals surface area (Å²) in [5, 5.41) is -1.37. The van der Waals surface area contributed by atoms with E-state index in [0.29, 0.717) is 0 Å². The average molecular weight is 251 g/mol. The summed E-state index contributed by atoms with van der Waals surface area (Å²) < 4.78 is 36.2. The third-order valence-corrected chi connectivity index (χ3v) is 2.13. The van der Waals surface area contributed by atoms with Gasteiger partial charge in [0, 0.05) is 19.8 Å². The lowest BCUT2D eigenvalue weighted by Gasteiger charge is -2.11. The number of hydrogen-bond donors (Lipinski definition) is 0. The Morgan fingerprint density at radius 1 is 1.19 bits per heavy atom. The van der Waals surface area contributed by atoms with E-state index in [0.717, 1.165) is 5.69 Å². The molecule has 0 aliphatic rings. The molecule has 2 nitrogen and oxygen atoms in total. The molecule has 0 heterocycles. The quantitative estimate of drug-likeness (QED) is 0.733. The van der Waals surface area contributed by atoms with E-state index in [-0.39, 0.29) is 5.69 Å². The van der Waals surface area contributed by atoms with E-state index >= 15 is 0 Å². The minimum atomic E-state index is -4.60. The molecule has 0 saturated carbocycles. The van der Waals surface area contributed by atoms with Crippen molar-refractivity contribution >= 4 is 28.1 Å². The van der Waals surface area contributed by atoms with Crippen molar-refractivity contribution in [3.05, 3.63) is 24.3 Å². The van der Waals surface area contributed by atoms with Gasteiger partial charge in [-0.25, -0.2) is 4.99 Å². The third kappa shape index (κ3) is 3.41. The molecule has 0 saturated heterocycles. The van der Waals surface area contributed by atoms with E-state index in [1.807, 2.05) is 19.0 Å². The van der Waals surface area contributed by atoms with E-state index in [2.05, 4.69) is 4.99 Å². The van der Waals surface area contributed by atoms with Crippen LogP contribution in [0.15, 0.2) is 29.3 Å². The van der Waals surface area contributed by atoms with Crippen molar-refractivity contribution in [1.82, 2.24) is 0 Å². The fourth-order valence-electron chi connectivity index (χ4n) is 1.00. The largest absolute Gasteiger partial charge is 0.444 e. The summed E-state index contributed by atoms with van der Waals surface area (Å²) in [7, 11) is 3.67. The van der Waals surface area contributed by atoms with Crippen LogP contribution in [-0.2, 0) is 0 Å². The van der Waals surface area contributed by atoms with Gasteiger partial charge in [0.1, 0.15) is 0 Å². The Bertz CT molecular complexity index is 382. The van der Waals surface area contributed by atoms with Gasteiger partial charge >= 0.3 is 6.18 Å². The molecular weight excluding hydrogens is 241 g/mol. The first kappa shape index (κ1) is 12.8. The minimum absolute atomic E-state index is 0.174. The van der Waals surface area contributed by atoms with Gasteiger partial charge in [0.2, 0.25) is 5.17 Å². The highest BCUT2D eigenvalue weighted by Crippen LogP contribution is 2.24. The molecule has 0 aliphatic heterocycles. The maximum Gasteiger partial charge on any atom is 0.444 e. The van der Waals surface area contributed by atoms with Crippen molar-refractivity contribution in [3.8, 4) is 0 Å². The molecule has 1 aromatic rings. The standard InChI is InChI=1S/C10H10ClF3N2/c1-16(2)8-5-3-7(4-6-8)15-9(11)10(12,13)14/h3-6H,1-2H3. The van der Waals surface area contributed by atoms with Gasteiger partial charge in [-0.1, -0.05) is 11.6 Å². The maximum atomic E-state index is 12.1. The van der Waals surface area contributed by atoms with Crippen LogP contribution >= 0.6 is 11.6 Å². The molecule has 0 amide bonds. The van der Waals surface area contributed by atoms with Gasteiger partial charge in [-0.2, -0.15) is 13.2 Å². The molecule has 0 bridgehead atoms. The van der Waals surface area contributed by atoms with Crippen LogP contribution in [0, 0.1) is 0 Å². The van der Waals surface area contributed by atoms with Gasteiger partial charge in [0.05, 0.1) is 5.69 Å². The van der Waals surface area contributed by atoms with Crippen LogP contribution < -0.4 is 4.90 Å². The molecule has 6 heteroatoms. The summed E-state index contributed by atoms with van der Waals surface area (Å²) >= 11 is 5.01. The number of aliphatic imine (C=N–C) groups is 1. The first-order valence-electron chi connectivity index (χ1n) is 4.39. The summed E-state index contributed by atoms with van der Waals surface area (Å²) in [5.74, 6) is 0. The molecule has 0 aliphatic carbocycles. The van der Waals surface area contributed by atoms with E-state index in [9.17, 15) is 13.2 Å². The van der Waals surface area contributed by atoms with Crippen molar-refractivity contribution in [2.75, 3.05) is 19.0 Å². The molecular formula is C10H10ClF3N2. The summed E-state index contributed by atoms with van der Waals surface area (Å²) in [6, 6.07) is 6.28. The Morgan fingerprint density at radius 2 is 1.69 bits per heavy atom. The van der Waals surface area contributed by atoms with Gasteiger partial charge in [-0.3, -0.25) is 0 Å². The lowest BCUT2D eigenvalue weighted by atomic mass is 10.3. The second-order valence-corrected chi connectivity index (χ2v) is 3.67. The minimum Gasteiger partial charge on any atom is -0.378 e. The van der Waals surface area contributed by atoms with Crippen LogP contribution in [0.2, 0.25) is 0 Å². The van der Waals surface area contributed by atoms with Gasteiger partial charge < -0.3 is 4.90 Å². The van der Waals surface area contributed by atoms with E-state index in [1.54, 1.807) is 12.1 Å². The second kappa shape index (κ2) is 4.74. The van der Waals surface area contributed by atoms with Gasteiger partial charge in [-0.05, 0) is 24.3 Å². The normalized spacial score (nSPS) is 12.8. The number of benzene rings is 1. The van der Waals surface area contributed by atoms with Crippen molar-refractivity contribution in [2.45, 2.75) is 6.18 Å². The number of alkyl halides is 3. The van der Waals surface area contributed by atoms with E-state index in [4.69, 9.17) is 11.6 Å². The molecule has 0 spiro atoms. The number of nitrogens with zero attached hydrogens (tertiary/aromatic N) is 2. The van der Waals surface area contributed by atoms with Gasteiger partial charge in [-0.15, -0.1) is 0 Å². The predicted molar refractivity (Wildman–Crippen MR) is 59.8 cm³/mol. The van der Waals surface area contributed by atoms with Gasteiger partial charge in [0.15, 0.2) is 0 Å². The van der Waals surface area contributed by atoms with Crippen molar-refractivity contribution < 1.29 is 13.2 Å². The zero-order valence-corrected chi connectivity index (χ0v) is 9.47. The van der Waals surface area contributed by atoms with E-state index < -0.39 is 11.3 Å². The number of halogens is 4. The molecule has 16 heavy (non-hydrogen) atoms. The monoisotopic (exact) mass is 250 g/mol. The molecule has 0 unspecified atom stereocenters. The molecule has 0 aromatic heterocycles. The Labute approximate surface area is 96.3 Å². The first-order valence-corrected chi connectivity index (χ1v) is 4.77. The molecule has 0 fully saturated rings. The van der Waals surface area contributed by atoms with E-state index in [1.165, 1.54) is 12.1 Å². The van der Waals surface area contributed by atoms with Crippen molar-refractivity contribution in [1.29, 1.82) is 0 Å². The lowest BCUT2D eigenvalue weighted by Crippen LogP contribution is -2.16. The Balaban J connectivity index is 2.92. The van der Waals surface area contributed by atoms with Crippen LogP contribution in [0.5, 0.6) is 0 Å². The molecule has 0 radical (unpaired) electrons. The summed E-state index contributed by atoms with van der Waals surface area (Å²) in [6.07, 6.45) is -4.60. The zero-order chi connectivity index (χ0) is 12.3. The fourth-order valence-corrected chi connectivity index (χ4v) is 1.10. The van der Waals surface area contributed by atoms with Crippen LogP contribution in [0.4, 0.5) is 24.5 Å². The first-order chi connectivity index (χ1) is 7.30. The summed E-state index contributed by atoms with van der Waals surface area (Å²) in [4.78, 5) is 5.10. The van der Waals surface area contributed by atoms with Crippen molar-refractivity contribution in [2.24, 2.45) is 4.99 Å². The Hall–Kier alpha value is -1.23. The maximum absolute atomic E-state index is 12.1. The molecule has 0 atom stereocenters. The molecule has 1 aromatic carbocycles. The Morgan fingerprint density at radius 3 is 2.06 bits per heavy atom. The highest BCUT2D eigenvalue weighted by molar-refractivity contribution is 6.67. The second-order valence-electron chi connectivity index (χ2n) is 3.31. The Kier molecular flexibility index (Phi) is 3.80. The molecule has 88 valence electrons. The third-order valence-electron chi connectivity index (χ3n) is 1.83. The van der Waals surface area contributed by atoms with Crippen LogP contribution in [0.1, 0.15) is 0 Å². The predicted octanol–water partition coefficient (Wildman–Crippen LogP) is 3.58. The SMILES string of the molecule is CN(C)c1ccc(N=C(Cl)C(F)(F)F)cc1. The van der Waals surface area contributed by atoms with Crippen LogP contribution in [0.3, 0.4) is 0 Å². The number of hydrogen-bond acceptors (Lipinski definition) is 2. The number of anilines is 1. The van der Waals surface area contributed by atoms with Crippen molar-refractivity contribution in [3.63, 3.8) is 0 Å². The highest BCUT2D eigenvalue weighted by Gasteiger charge is 2.34. The topological polar surface area (TPSA) is 15.6 Å². The number of rotatable bonds is 2. The van der Waals surface area contributed by atoms with Crippen LogP contribution in [0.25, 0.3) is 0 Å². The van der Waals surface area contributed by atoms with Gasteiger partial charge in [0.25, 0.3) is 0 Å².